The minimum atomic E-state index is -4.43. The number of aromatic amines is 1. The van der Waals surface area contributed by atoms with Crippen LogP contribution in [0.2, 0.25) is 0 Å². The maximum Gasteiger partial charge on any atom is 0.416 e. The largest absolute Gasteiger partial charge is 0.497 e. The molecule has 0 amide bonds. The quantitative estimate of drug-likeness (QED) is 0.495. The lowest BCUT2D eigenvalue weighted by Crippen LogP contribution is -2.05. The van der Waals surface area contributed by atoms with Crippen molar-refractivity contribution in [2.45, 2.75) is 6.18 Å². The number of nitrogens with zero attached hydrogens (tertiary/aromatic N) is 2. The molecule has 142 valence electrons. The highest BCUT2D eigenvalue weighted by Crippen LogP contribution is 2.35. The van der Waals surface area contributed by atoms with E-state index in [2.05, 4.69) is 20.5 Å². The summed E-state index contributed by atoms with van der Waals surface area (Å²) in [6, 6.07) is 14.0. The van der Waals surface area contributed by atoms with E-state index < -0.39 is 11.7 Å². The summed E-state index contributed by atoms with van der Waals surface area (Å²) in [5, 5.41) is 11.2. The molecule has 0 saturated heterocycles. The van der Waals surface area contributed by atoms with Crippen LogP contribution < -0.4 is 10.1 Å². The number of pyridine rings is 1. The Morgan fingerprint density at radius 1 is 1.04 bits per heavy atom. The number of halogens is 3. The van der Waals surface area contributed by atoms with Crippen molar-refractivity contribution in [2.75, 3.05) is 12.4 Å². The van der Waals surface area contributed by atoms with Gasteiger partial charge in [-0.15, -0.1) is 0 Å². The Morgan fingerprint density at radius 2 is 1.89 bits per heavy atom. The number of hydrogen-bond acceptors (Lipinski definition) is 4. The van der Waals surface area contributed by atoms with Crippen LogP contribution >= 0.6 is 0 Å². The Morgan fingerprint density at radius 3 is 2.61 bits per heavy atom. The molecular weight excluding hydrogens is 369 g/mol. The van der Waals surface area contributed by atoms with Crippen LogP contribution in [-0.2, 0) is 6.18 Å². The Bertz CT molecular complexity index is 1120. The normalized spacial score (nSPS) is 11.6. The molecule has 4 aromatic rings. The van der Waals surface area contributed by atoms with Crippen molar-refractivity contribution in [3.63, 3.8) is 0 Å². The topological polar surface area (TPSA) is 62.8 Å². The average Bonchev–Trinajstić information content (AvgIpc) is 3.19. The van der Waals surface area contributed by atoms with Gasteiger partial charge in [0, 0.05) is 17.0 Å². The van der Waals surface area contributed by atoms with E-state index in [1.807, 2.05) is 6.07 Å². The summed E-state index contributed by atoms with van der Waals surface area (Å²) >= 11 is 0. The van der Waals surface area contributed by atoms with Gasteiger partial charge in [-0.2, -0.15) is 18.3 Å². The highest BCUT2D eigenvalue weighted by molar-refractivity contribution is 5.97. The molecule has 0 spiro atoms. The fourth-order valence-corrected chi connectivity index (χ4v) is 2.95. The summed E-state index contributed by atoms with van der Waals surface area (Å²) in [4.78, 5) is 4.56. The zero-order chi connectivity index (χ0) is 19.7. The van der Waals surface area contributed by atoms with E-state index in [1.165, 1.54) is 6.07 Å². The third kappa shape index (κ3) is 3.48. The van der Waals surface area contributed by atoms with Gasteiger partial charge in [0.15, 0.2) is 0 Å². The molecule has 8 heteroatoms. The summed E-state index contributed by atoms with van der Waals surface area (Å²) in [5.41, 5.74) is 0.0897. The molecule has 0 aliphatic heterocycles. The van der Waals surface area contributed by atoms with Crippen LogP contribution in [0, 0.1) is 0 Å². The van der Waals surface area contributed by atoms with E-state index in [4.69, 9.17) is 4.74 Å². The highest BCUT2D eigenvalue weighted by Gasteiger charge is 2.30. The summed E-state index contributed by atoms with van der Waals surface area (Å²) in [7, 11) is 1.56. The molecule has 2 N–H and O–H groups in total. The molecule has 0 atom stereocenters. The number of aromatic nitrogens is 3. The minimum Gasteiger partial charge on any atom is -0.497 e. The SMILES string of the molecule is COc1ccc2c(-c3cccc(C(F)(F)F)c3)nc(Nc3ccn[nH]3)cc2c1. The minimum absolute atomic E-state index is 0.373. The van der Waals surface area contributed by atoms with Crippen molar-refractivity contribution >= 4 is 22.4 Å². The van der Waals surface area contributed by atoms with Crippen LogP contribution in [0.1, 0.15) is 5.56 Å². The summed E-state index contributed by atoms with van der Waals surface area (Å²) in [6.45, 7) is 0. The number of nitrogens with one attached hydrogen (secondary N) is 2. The van der Waals surface area contributed by atoms with Gasteiger partial charge in [0.05, 0.1) is 24.6 Å². The first-order chi connectivity index (χ1) is 13.4. The molecule has 0 saturated carbocycles. The van der Waals surface area contributed by atoms with Gasteiger partial charge in [0.25, 0.3) is 0 Å². The molecular formula is C20H15F3N4O. The Hall–Kier alpha value is -3.55. The highest BCUT2D eigenvalue weighted by atomic mass is 19.4. The lowest BCUT2D eigenvalue weighted by molar-refractivity contribution is -0.137. The van der Waals surface area contributed by atoms with Crippen molar-refractivity contribution in [3.05, 3.63) is 66.4 Å². The van der Waals surface area contributed by atoms with Crippen LogP contribution in [-0.4, -0.2) is 22.3 Å². The van der Waals surface area contributed by atoms with Gasteiger partial charge < -0.3 is 10.1 Å². The Balaban J connectivity index is 1.90. The summed E-state index contributed by atoms with van der Waals surface area (Å²) in [6.07, 6.45) is -2.85. The number of fused-ring (bicyclic) bond motifs is 1. The molecule has 5 nitrogen and oxygen atoms in total. The number of H-pyrrole nitrogens is 1. The molecule has 0 aliphatic rings. The first-order valence-corrected chi connectivity index (χ1v) is 8.37. The van der Waals surface area contributed by atoms with E-state index in [9.17, 15) is 13.2 Å². The smallest absolute Gasteiger partial charge is 0.416 e. The predicted octanol–water partition coefficient (Wildman–Crippen LogP) is 5.40. The third-order valence-corrected chi connectivity index (χ3v) is 4.27. The molecule has 2 heterocycles. The van der Waals surface area contributed by atoms with Crippen molar-refractivity contribution < 1.29 is 17.9 Å². The fraction of sp³-hybridized carbons (Fsp3) is 0.100. The van der Waals surface area contributed by atoms with Crippen LogP contribution in [0.3, 0.4) is 0 Å². The number of alkyl halides is 3. The Labute approximate surface area is 158 Å². The lowest BCUT2D eigenvalue weighted by Gasteiger charge is -2.13. The number of methoxy groups -OCH3 is 1. The van der Waals surface area contributed by atoms with E-state index in [0.717, 1.165) is 22.9 Å². The number of hydrogen-bond donors (Lipinski definition) is 2. The molecule has 0 bridgehead atoms. The van der Waals surface area contributed by atoms with Crippen LogP contribution in [0.5, 0.6) is 5.75 Å². The van der Waals surface area contributed by atoms with Gasteiger partial charge in [-0.05, 0) is 41.8 Å². The van der Waals surface area contributed by atoms with Crippen molar-refractivity contribution in [1.29, 1.82) is 0 Å². The molecule has 2 aromatic heterocycles. The second-order valence-corrected chi connectivity index (χ2v) is 6.12. The maximum absolute atomic E-state index is 13.2. The van der Waals surface area contributed by atoms with Gasteiger partial charge in [0.1, 0.15) is 17.4 Å². The second-order valence-electron chi connectivity index (χ2n) is 6.12. The number of rotatable bonds is 4. The first-order valence-electron chi connectivity index (χ1n) is 8.37. The molecule has 2 aromatic carbocycles. The molecule has 0 aliphatic carbocycles. The average molecular weight is 384 g/mol. The number of ether oxygens (including phenoxy) is 1. The lowest BCUT2D eigenvalue weighted by atomic mass is 10.0. The predicted molar refractivity (Wildman–Crippen MR) is 101 cm³/mol. The Kier molecular flexibility index (Phi) is 4.38. The maximum atomic E-state index is 13.2. The molecule has 0 unspecified atom stereocenters. The third-order valence-electron chi connectivity index (χ3n) is 4.27. The first kappa shape index (κ1) is 17.8. The molecule has 4 rings (SSSR count). The summed E-state index contributed by atoms with van der Waals surface area (Å²) in [5.74, 6) is 1.73. The van der Waals surface area contributed by atoms with E-state index in [-0.39, 0.29) is 0 Å². The van der Waals surface area contributed by atoms with Gasteiger partial charge in [-0.3, -0.25) is 5.10 Å². The second kappa shape index (κ2) is 6.88. The van der Waals surface area contributed by atoms with E-state index in [0.29, 0.717) is 28.6 Å². The number of benzene rings is 2. The van der Waals surface area contributed by atoms with Gasteiger partial charge in [-0.1, -0.05) is 12.1 Å². The van der Waals surface area contributed by atoms with Gasteiger partial charge in [0.2, 0.25) is 0 Å². The van der Waals surface area contributed by atoms with Crippen molar-refractivity contribution in [1.82, 2.24) is 15.2 Å². The van der Waals surface area contributed by atoms with Crippen LogP contribution in [0.4, 0.5) is 24.8 Å². The van der Waals surface area contributed by atoms with Crippen LogP contribution in [0.15, 0.2) is 60.8 Å². The van der Waals surface area contributed by atoms with E-state index in [1.54, 1.807) is 43.6 Å². The van der Waals surface area contributed by atoms with Crippen LogP contribution in [0.25, 0.3) is 22.0 Å². The standard InChI is InChI=1S/C20H15F3N4O/c1-28-15-5-6-16-13(10-15)11-18(25-17-7-8-24-27-17)26-19(16)12-3-2-4-14(9-12)20(21,22)23/h2-11H,1H3,(H2,24,25,26,27). The molecule has 0 fully saturated rings. The van der Waals surface area contributed by atoms with Crippen molar-refractivity contribution in [2.24, 2.45) is 0 Å². The van der Waals surface area contributed by atoms with E-state index >= 15 is 0 Å². The molecule has 28 heavy (non-hydrogen) atoms. The van der Waals surface area contributed by atoms with Crippen molar-refractivity contribution in [3.8, 4) is 17.0 Å². The van der Waals surface area contributed by atoms with Gasteiger partial charge in [-0.25, -0.2) is 4.98 Å². The van der Waals surface area contributed by atoms with Gasteiger partial charge >= 0.3 is 6.18 Å². The summed E-state index contributed by atoms with van der Waals surface area (Å²) < 4.78 is 44.8. The monoisotopic (exact) mass is 384 g/mol. The fourth-order valence-electron chi connectivity index (χ4n) is 2.95. The number of anilines is 2. The zero-order valence-corrected chi connectivity index (χ0v) is 14.7. The molecule has 0 radical (unpaired) electrons. The zero-order valence-electron chi connectivity index (χ0n) is 14.7.